The van der Waals surface area contributed by atoms with Crippen LogP contribution in [-0.2, 0) is 22.2 Å². The van der Waals surface area contributed by atoms with Crippen LogP contribution in [0.25, 0.3) is 0 Å². The van der Waals surface area contributed by atoms with Gasteiger partial charge in [-0.25, -0.2) is 4.79 Å². The second-order valence-corrected chi connectivity index (χ2v) is 7.27. The number of aryl methyl sites for hydroxylation is 1. The molecule has 6 nitrogen and oxygen atoms in total. The lowest BCUT2D eigenvalue weighted by Gasteiger charge is -2.21. The summed E-state index contributed by atoms with van der Waals surface area (Å²) in [5.41, 5.74) is -1.15. The smallest absolute Gasteiger partial charge is 0.325 e. The lowest BCUT2D eigenvalue weighted by Crippen LogP contribution is -2.45. The van der Waals surface area contributed by atoms with Crippen LogP contribution in [0.3, 0.4) is 0 Å². The summed E-state index contributed by atoms with van der Waals surface area (Å²) in [7, 11) is 0. The molecular formula is C21H20F3N3O3. The van der Waals surface area contributed by atoms with E-state index in [1.807, 2.05) is 30.3 Å². The first-order valence-corrected chi connectivity index (χ1v) is 9.24. The number of benzene rings is 2. The standard InChI is InChI=1S/C21H20F3N3O3/c1-20(11-10-14-6-3-2-4-7-14)18(29)27(19(30)26-20)13-17(28)25-16-9-5-8-15(12-16)21(22,23)24/h2-9,12H,10-11,13H2,1H3,(H,25,28)(H,26,30). The minimum Gasteiger partial charge on any atom is -0.325 e. The van der Waals surface area contributed by atoms with Crippen molar-refractivity contribution in [2.75, 3.05) is 11.9 Å². The van der Waals surface area contributed by atoms with Gasteiger partial charge in [-0.2, -0.15) is 13.2 Å². The van der Waals surface area contributed by atoms with Crippen LogP contribution in [0.15, 0.2) is 54.6 Å². The Morgan fingerprint density at radius 1 is 1.10 bits per heavy atom. The van der Waals surface area contributed by atoms with Gasteiger partial charge in [0.05, 0.1) is 5.56 Å². The number of urea groups is 1. The van der Waals surface area contributed by atoms with Gasteiger partial charge < -0.3 is 10.6 Å². The summed E-state index contributed by atoms with van der Waals surface area (Å²) in [5.74, 6) is -1.33. The SMILES string of the molecule is CC1(CCc2ccccc2)NC(=O)N(CC(=O)Nc2cccc(C(F)(F)F)c2)C1=O. The molecule has 158 valence electrons. The Labute approximate surface area is 171 Å². The summed E-state index contributed by atoms with van der Waals surface area (Å²) in [6.07, 6.45) is -3.66. The monoisotopic (exact) mass is 419 g/mol. The summed E-state index contributed by atoms with van der Waals surface area (Å²) >= 11 is 0. The molecule has 3 rings (SSSR count). The number of anilines is 1. The van der Waals surface area contributed by atoms with E-state index in [2.05, 4.69) is 10.6 Å². The van der Waals surface area contributed by atoms with Gasteiger partial charge in [0, 0.05) is 5.69 Å². The maximum Gasteiger partial charge on any atom is 0.416 e. The van der Waals surface area contributed by atoms with Crippen LogP contribution in [0.2, 0.25) is 0 Å². The van der Waals surface area contributed by atoms with Crippen LogP contribution in [0.1, 0.15) is 24.5 Å². The molecule has 9 heteroatoms. The zero-order valence-electron chi connectivity index (χ0n) is 16.1. The van der Waals surface area contributed by atoms with Crippen molar-refractivity contribution in [1.82, 2.24) is 10.2 Å². The van der Waals surface area contributed by atoms with Gasteiger partial charge in [-0.05, 0) is 43.5 Å². The quantitative estimate of drug-likeness (QED) is 0.703. The fourth-order valence-electron chi connectivity index (χ4n) is 3.22. The Morgan fingerprint density at radius 3 is 2.47 bits per heavy atom. The normalized spacial score (nSPS) is 19.0. The third kappa shape index (κ3) is 4.79. The van der Waals surface area contributed by atoms with Crippen molar-refractivity contribution in [2.45, 2.75) is 31.5 Å². The first-order valence-electron chi connectivity index (χ1n) is 9.24. The number of halogens is 3. The van der Waals surface area contributed by atoms with E-state index in [0.29, 0.717) is 12.8 Å². The fourth-order valence-corrected chi connectivity index (χ4v) is 3.22. The fraction of sp³-hybridized carbons (Fsp3) is 0.286. The van der Waals surface area contributed by atoms with Crippen LogP contribution in [0.5, 0.6) is 0 Å². The second-order valence-electron chi connectivity index (χ2n) is 7.27. The number of carbonyl (C=O) groups excluding carboxylic acids is 3. The Hall–Kier alpha value is -3.36. The highest BCUT2D eigenvalue weighted by Gasteiger charge is 2.47. The minimum atomic E-state index is -4.55. The van der Waals surface area contributed by atoms with Crippen molar-refractivity contribution in [1.29, 1.82) is 0 Å². The molecule has 1 saturated heterocycles. The van der Waals surface area contributed by atoms with E-state index in [-0.39, 0.29) is 5.69 Å². The van der Waals surface area contributed by atoms with Gasteiger partial charge in [0.25, 0.3) is 5.91 Å². The molecular weight excluding hydrogens is 399 g/mol. The van der Waals surface area contributed by atoms with E-state index in [1.165, 1.54) is 6.07 Å². The Morgan fingerprint density at radius 2 is 1.80 bits per heavy atom. The third-order valence-electron chi connectivity index (χ3n) is 4.88. The zero-order chi connectivity index (χ0) is 21.9. The Balaban J connectivity index is 1.63. The number of hydrogen-bond acceptors (Lipinski definition) is 3. The maximum atomic E-state index is 12.8. The predicted molar refractivity (Wildman–Crippen MR) is 103 cm³/mol. The highest BCUT2D eigenvalue weighted by Crippen LogP contribution is 2.30. The number of carbonyl (C=O) groups is 3. The van der Waals surface area contributed by atoms with Crippen LogP contribution < -0.4 is 10.6 Å². The van der Waals surface area contributed by atoms with Crippen molar-refractivity contribution < 1.29 is 27.6 Å². The van der Waals surface area contributed by atoms with Gasteiger partial charge in [0.1, 0.15) is 12.1 Å². The molecule has 1 unspecified atom stereocenters. The molecule has 30 heavy (non-hydrogen) atoms. The van der Waals surface area contributed by atoms with Crippen LogP contribution in [-0.4, -0.2) is 34.8 Å². The lowest BCUT2D eigenvalue weighted by atomic mass is 9.93. The van der Waals surface area contributed by atoms with Gasteiger partial charge in [-0.3, -0.25) is 14.5 Å². The molecule has 0 aliphatic carbocycles. The summed E-state index contributed by atoms with van der Waals surface area (Å²) in [5, 5.41) is 4.90. The number of rotatable bonds is 6. The number of nitrogens with zero attached hydrogens (tertiary/aromatic N) is 1. The Kier molecular flexibility index (Phi) is 5.82. The molecule has 2 aromatic carbocycles. The maximum absolute atomic E-state index is 12.8. The number of hydrogen-bond donors (Lipinski definition) is 2. The predicted octanol–water partition coefficient (Wildman–Crippen LogP) is 3.59. The number of amides is 4. The average Bonchev–Trinajstić information content (AvgIpc) is 2.90. The molecule has 1 fully saturated rings. The van der Waals surface area contributed by atoms with E-state index in [0.717, 1.165) is 28.7 Å². The van der Waals surface area contributed by atoms with Crippen molar-refractivity contribution in [3.8, 4) is 0 Å². The third-order valence-corrected chi connectivity index (χ3v) is 4.88. The van der Waals surface area contributed by atoms with Gasteiger partial charge in [0.2, 0.25) is 5.91 Å². The molecule has 2 N–H and O–H groups in total. The molecule has 1 aliphatic rings. The molecule has 2 aromatic rings. The lowest BCUT2D eigenvalue weighted by molar-refractivity contribution is -0.137. The molecule has 0 bridgehead atoms. The van der Waals surface area contributed by atoms with Gasteiger partial charge >= 0.3 is 12.2 Å². The Bertz CT molecular complexity index is 963. The van der Waals surface area contributed by atoms with Gasteiger partial charge in [-0.1, -0.05) is 36.4 Å². The topological polar surface area (TPSA) is 78.5 Å². The molecule has 1 atom stereocenters. The highest BCUT2D eigenvalue weighted by atomic mass is 19.4. The van der Waals surface area contributed by atoms with E-state index >= 15 is 0 Å². The molecule has 1 aliphatic heterocycles. The average molecular weight is 419 g/mol. The second kappa shape index (κ2) is 8.17. The van der Waals surface area contributed by atoms with Crippen molar-refractivity contribution in [2.24, 2.45) is 0 Å². The number of alkyl halides is 3. The molecule has 1 heterocycles. The number of nitrogens with one attached hydrogen (secondary N) is 2. The molecule has 0 aromatic heterocycles. The van der Waals surface area contributed by atoms with Gasteiger partial charge in [0.15, 0.2) is 0 Å². The zero-order valence-corrected chi connectivity index (χ0v) is 16.1. The molecule has 0 spiro atoms. The van der Waals surface area contributed by atoms with E-state index in [4.69, 9.17) is 0 Å². The largest absolute Gasteiger partial charge is 0.416 e. The summed E-state index contributed by atoms with van der Waals surface area (Å²) in [4.78, 5) is 38.0. The molecule has 4 amide bonds. The van der Waals surface area contributed by atoms with Crippen LogP contribution >= 0.6 is 0 Å². The molecule has 0 radical (unpaired) electrons. The van der Waals surface area contributed by atoms with Crippen molar-refractivity contribution >= 4 is 23.5 Å². The van der Waals surface area contributed by atoms with E-state index in [1.54, 1.807) is 6.92 Å². The van der Waals surface area contributed by atoms with E-state index in [9.17, 15) is 27.6 Å². The minimum absolute atomic E-state index is 0.0753. The number of imide groups is 1. The van der Waals surface area contributed by atoms with Gasteiger partial charge in [-0.15, -0.1) is 0 Å². The summed E-state index contributed by atoms with van der Waals surface area (Å²) in [6, 6.07) is 12.8. The van der Waals surface area contributed by atoms with E-state index < -0.39 is 41.7 Å². The summed E-state index contributed by atoms with van der Waals surface area (Å²) in [6.45, 7) is 0.989. The summed E-state index contributed by atoms with van der Waals surface area (Å²) < 4.78 is 38.4. The highest BCUT2D eigenvalue weighted by molar-refractivity contribution is 6.09. The first kappa shape index (κ1) is 21.4. The molecule has 0 saturated carbocycles. The van der Waals surface area contributed by atoms with Crippen LogP contribution in [0, 0.1) is 0 Å². The van der Waals surface area contributed by atoms with Crippen molar-refractivity contribution in [3.05, 3.63) is 65.7 Å². The first-order chi connectivity index (χ1) is 14.1. The van der Waals surface area contributed by atoms with Crippen molar-refractivity contribution in [3.63, 3.8) is 0 Å². The van der Waals surface area contributed by atoms with Crippen LogP contribution in [0.4, 0.5) is 23.7 Å².